The van der Waals surface area contributed by atoms with Crippen molar-refractivity contribution in [2.45, 2.75) is 197 Å². The maximum Gasteiger partial charge on any atom is 0.291 e. The lowest BCUT2D eigenvalue weighted by Gasteiger charge is -2.51. The first-order valence-electron chi connectivity index (χ1n) is 23.7. The molecule has 18 N–H and O–H groups in total. The van der Waals surface area contributed by atoms with Gasteiger partial charge in [-0.1, -0.05) is 0 Å². The van der Waals surface area contributed by atoms with Gasteiger partial charge in [0.15, 0.2) is 49.1 Å². The number of ether oxygens (including phenoxy) is 14. The molecule has 0 amide bonds. The highest BCUT2D eigenvalue weighted by Gasteiger charge is 2.59. The summed E-state index contributed by atoms with van der Waals surface area (Å²) in [5.41, 5.74) is -2.29. The minimum absolute atomic E-state index is 0.758. The van der Waals surface area contributed by atoms with E-state index in [4.69, 9.17) is 66.3 Å². The molecular weight excluding hydrogens is 1110 g/mol. The van der Waals surface area contributed by atoms with E-state index in [0.29, 0.717) is 0 Å². The molecule has 0 aliphatic carbocycles. The van der Waals surface area contributed by atoms with Crippen molar-refractivity contribution in [1.82, 2.24) is 0 Å². The van der Waals surface area contributed by atoms with E-state index in [1.165, 1.54) is 0 Å². The summed E-state index contributed by atoms with van der Waals surface area (Å²) >= 11 is 0. The molecule has 31 atom stereocenters. The van der Waals surface area contributed by atoms with Gasteiger partial charge in [0, 0.05) is 0 Å². The van der Waals surface area contributed by atoms with Crippen molar-refractivity contribution in [2.75, 3.05) is 45.6 Å². The van der Waals surface area contributed by atoms with E-state index in [0.717, 1.165) is 6.92 Å². The van der Waals surface area contributed by atoms with Crippen LogP contribution in [0.4, 0.5) is 0 Å². The molecule has 22 rings (SSSR count). The first-order chi connectivity index (χ1) is 36.2. The van der Waals surface area contributed by atoms with Gasteiger partial charge in [-0.3, -0.25) is 9.11 Å². The summed E-state index contributed by atoms with van der Waals surface area (Å²) in [6.45, 7) is -6.07. The van der Waals surface area contributed by atoms with Gasteiger partial charge in [0.05, 0.1) is 39.6 Å². The molecule has 36 nitrogen and oxygen atoms in total. The van der Waals surface area contributed by atoms with Crippen molar-refractivity contribution in [3.63, 3.8) is 0 Å². The Balaban J connectivity index is 1.27. The van der Waals surface area contributed by atoms with Crippen molar-refractivity contribution < 1.29 is 174 Å². The fraction of sp³-hybridized carbons (Fsp3) is 1.00. The molecule has 22 heterocycles. The number of rotatable bonds is 12. The Hall–Kier alpha value is -1.38. The third-order valence-electron chi connectivity index (χ3n) is 13.8. The Morgan fingerprint density at radius 1 is 0.351 bits per heavy atom. The molecule has 1 unspecified atom stereocenters. The molecule has 0 aromatic carbocycles. The van der Waals surface area contributed by atoms with Crippen LogP contribution in [-0.2, 0) is 86.6 Å². The topological polar surface area (TPSA) is 562 Å². The van der Waals surface area contributed by atoms with Crippen LogP contribution in [0.2, 0.25) is 0 Å². The number of hydrogen-bond donors (Lipinski definition) is 18. The van der Waals surface area contributed by atoms with E-state index < -0.39 is 255 Å². The van der Waals surface area contributed by atoms with Crippen LogP contribution >= 0.6 is 0 Å². The van der Waals surface area contributed by atoms with E-state index in [9.17, 15) is 108 Å². The second-order valence-corrected chi connectivity index (χ2v) is 22.0. The van der Waals surface area contributed by atoms with Gasteiger partial charge in [-0.05, 0) is 6.92 Å². The minimum Gasteiger partial charge on any atom is -0.394 e. The summed E-state index contributed by atoms with van der Waals surface area (Å²) < 4.78 is 148. The van der Waals surface area contributed by atoms with E-state index in [2.05, 4.69) is 0 Å². The predicted molar refractivity (Wildman–Crippen MR) is 231 cm³/mol. The SMILES string of the molecule is CC(O[C@@H]1[C@@H](O)[C@H]2O[C@H]3[C@H](O)[C@@H](O)[C@@H](O[C@H]4[C@H](O)[C@@H](O)[C@@H](O[C@H]5[C@H](O)[C@@H](O)[C@@H](O[C@H]6[C@H](O)[C@@H](O)[C@@H](O[C@@H]7[C@H](OCS(=O)(=O)O)[C@@H](O)[C@@H](O[C@H]1[C@@H](CO)O2)O[C@@H]7CO)O[C@@H]6CO)O[C@@H]5CO)O[C@@H]4CO)O[C@@H]3CO)S(=O)(=O)O. The number of aliphatic hydroxyl groups is 16. The Bertz CT molecular complexity index is 2090. The average Bonchev–Trinajstić information content (AvgIpc) is 3.40. The summed E-state index contributed by atoms with van der Waals surface area (Å²) in [5, 5.41) is 177. The quantitative estimate of drug-likeness (QED) is 0.0807. The fourth-order valence-electron chi connectivity index (χ4n) is 9.70. The standard InChI is InChI=1S/C39H66O36S2/c1-9(77(59,60)61)63-33-25(55)39-69-15(7-45)31(33)75-38-24(54)32(62-8-76(56,57)58)30(14(6-44)68-38)74-37-23(53)19(49)28(12(4-42)67-37)72-35-21(51)17(47)26(10(2-40)65-35)70-34-20(50)16(46)27(11(3-41)64-34)71-36-22(52)18(48)29(73-39)13(5-43)66-36/h9-55H,2-8H2,1H3,(H,56,57,58)(H,59,60,61)/t9?,10-,11-,12-,13-,14-,15-,16-,17-,18-,19-,20-,21-,22-,23-,24-,25-,26-,27-,28-,29-,30+,31+,32-,33-,34-,35-,36-,37-,38-,39-/m1/s1. The van der Waals surface area contributed by atoms with Gasteiger partial charge in [-0.2, -0.15) is 16.8 Å². The van der Waals surface area contributed by atoms with Crippen LogP contribution in [0.5, 0.6) is 0 Å². The van der Waals surface area contributed by atoms with Crippen LogP contribution in [0, 0.1) is 0 Å². The largest absolute Gasteiger partial charge is 0.394 e. The molecule has 38 heteroatoms. The van der Waals surface area contributed by atoms with E-state index in [-0.39, 0.29) is 0 Å². The second-order valence-electron chi connectivity index (χ2n) is 18.9. The smallest absolute Gasteiger partial charge is 0.291 e. The van der Waals surface area contributed by atoms with Gasteiger partial charge >= 0.3 is 0 Å². The monoisotopic (exact) mass is 1170 g/mol. The molecular formula is C39H66O36S2. The summed E-state index contributed by atoms with van der Waals surface area (Å²) in [4.78, 5) is 0. The van der Waals surface area contributed by atoms with Crippen molar-refractivity contribution in [3.8, 4) is 0 Å². The zero-order valence-corrected chi connectivity index (χ0v) is 41.7. The van der Waals surface area contributed by atoms with E-state index in [1.807, 2.05) is 0 Å². The minimum atomic E-state index is -5.20. The molecule has 12 bridgehead atoms. The molecule has 22 aliphatic rings. The fourth-order valence-corrected chi connectivity index (χ4v) is 10.3. The van der Waals surface area contributed by atoms with Gasteiger partial charge in [-0.15, -0.1) is 0 Å². The third kappa shape index (κ3) is 13.5. The summed E-state index contributed by atoms with van der Waals surface area (Å²) in [6.07, 6.45) is -63.5. The van der Waals surface area contributed by atoms with Gasteiger partial charge in [0.25, 0.3) is 20.2 Å². The lowest BCUT2D eigenvalue weighted by molar-refractivity contribution is -0.405. The third-order valence-corrected chi connectivity index (χ3v) is 15.2. The molecule has 0 radical (unpaired) electrons. The summed E-state index contributed by atoms with van der Waals surface area (Å²) in [7, 11) is -10.3. The van der Waals surface area contributed by atoms with Crippen LogP contribution in [0.1, 0.15) is 6.92 Å². The molecule has 0 spiro atoms. The van der Waals surface area contributed by atoms with Crippen LogP contribution in [0.25, 0.3) is 0 Å². The molecule has 22 aliphatic heterocycles. The molecule has 22 fully saturated rings. The highest BCUT2D eigenvalue weighted by molar-refractivity contribution is 7.86. The Kier molecular flexibility index (Phi) is 21.4. The van der Waals surface area contributed by atoms with Crippen molar-refractivity contribution in [1.29, 1.82) is 0 Å². The Morgan fingerprint density at radius 3 is 0.844 bits per heavy atom. The lowest BCUT2D eigenvalue weighted by Crippen LogP contribution is -2.69. The van der Waals surface area contributed by atoms with E-state index >= 15 is 0 Å². The normalized spacial score (nSPS) is 50.0. The molecule has 450 valence electrons. The van der Waals surface area contributed by atoms with Gasteiger partial charge in [0.2, 0.25) is 0 Å². The Labute approximate surface area is 435 Å². The average molecular weight is 1180 g/mol. The maximum atomic E-state index is 12.3. The summed E-state index contributed by atoms with van der Waals surface area (Å²) in [6, 6.07) is 0. The van der Waals surface area contributed by atoms with Gasteiger partial charge in [0.1, 0.15) is 146 Å². The second kappa shape index (κ2) is 26.0. The zero-order valence-electron chi connectivity index (χ0n) is 40.1. The number of hydrogen-bond acceptors (Lipinski definition) is 34. The first kappa shape index (κ1) is 63.2. The van der Waals surface area contributed by atoms with Crippen LogP contribution in [0.3, 0.4) is 0 Å². The highest BCUT2D eigenvalue weighted by atomic mass is 32.2. The van der Waals surface area contributed by atoms with Gasteiger partial charge in [-0.25, -0.2) is 0 Å². The molecule has 0 saturated carbocycles. The van der Waals surface area contributed by atoms with Gasteiger partial charge < -0.3 is 148 Å². The molecule has 0 aromatic heterocycles. The first-order valence-corrected chi connectivity index (χ1v) is 26.8. The van der Waals surface area contributed by atoms with E-state index in [1.54, 1.807) is 0 Å². The zero-order chi connectivity index (χ0) is 56.7. The maximum absolute atomic E-state index is 12.3. The Morgan fingerprint density at radius 2 is 0.584 bits per heavy atom. The molecule has 77 heavy (non-hydrogen) atoms. The number of aliphatic hydroxyl groups excluding tert-OH is 16. The highest BCUT2D eigenvalue weighted by Crippen LogP contribution is 2.39. The summed E-state index contributed by atoms with van der Waals surface area (Å²) in [5.74, 6) is -1.66. The van der Waals surface area contributed by atoms with Crippen molar-refractivity contribution >= 4 is 20.2 Å². The van der Waals surface area contributed by atoms with Crippen molar-refractivity contribution in [2.24, 2.45) is 0 Å². The van der Waals surface area contributed by atoms with Crippen LogP contribution in [-0.4, -0.2) is 343 Å². The van der Waals surface area contributed by atoms with Crippen LogP contribution < -0.4 is 0 Å². The molecule has 22 saturated heterocycles. The van der Waals surface area contributed by atoms with Crippen LogP contribution in [0.15, 0.2) is 0 Å². The predicted octanol–water partition coefficient (Wildman–Crippen LogP) is -12.9. The molecule has 0 aromatic rings. The lowest BCUT2D eigenvalue weighted by atomic mass is 9.94. The van der Waals surface area contributed by atoms with Crippen molar-refractivity contribution in [3.05, 3.63) is 0 Å².